The van der Waals surface area contributed by atoms with E-state index in [4.69, 9.17) is 0 Å². The summed E-state index contributed by atoms with van der Waals surface area (Å²) in [5.41, 5.74) is 1.97. The summed E-state index contributed by atoms with van der Waals surface area (Å²) in [5.74, 6) is 5.31. The molecule has 20 heavy (non-hydrogen) atoms. The second kappa shape index (κ2) is 5.23. The van der Waals surface area contributed by atoms with Gasteiger partial charge in [-0.2, -0.15) is 9.37 Å². The first kappa shape index (κ1) is 12.5. The number of rotatable bonds is 1. The topological polar surface area (TPSA) is 50.7 Å². The number of aromatic nitrogens is 3. The molecule has 3 rings (SSSR count). The van der Waals surface area contributed by atoms with E-state index in [0.717, 1.165) is 10.4 Å². The number of hydrogen-bond donors (Lipinski definition) is 1. The van der Waals surface area contributed by atoms with E-state index < -0.39 is 5.95 Å². The Bertz CT molecular complexity index is 815. The van der Waals surface area contributed by atoms with Gasteiger partial charge >= 0.3 is 0 Å². The summed E-state index contributed by atoms with van der Waals surface area (Å²) in [5, 5.41) is 3.58. The Hall–Kier alpha value is -2.52. The normalized spacial score (nSPS) is 10.1. The van der Waals surface area contributed by atoms with Gasteiger partial charge in [0.25, 0.3) is 0 Å². The molecule has 3 heterocycles. The number of nitrogens with one attached hydrogen (secondary N) is 1. The van der Waals surface area contributed by atoms with Gasteiger partial charge in [-0.3, -0.25) is 0 Å². The fourth-order valence-electron chi connectivity index (χ4n) is 1.58. The lowest BCUT2D eigenvalue weighted by atomic mass is 10.3. The van der Waals surface area contributed by atoms with Crippen LogP contribution in [0.1, 0.15) is 10.7 Å². The molecule has 0 unspecified atom stereocenters. The highest BCUT2D eigenvalue weighted by molar-refractivity contribution is 7.19. The summed E-state index contributed by atoms with van der Waals surface area (Å²) in [6.45, 7) is 0. The first-order valence-corrected chi connectivity index (χ1v) is 6.65. The minimum absolute atomic E-state index is 0.387. The fraction of sp³-hybridized carbons (Fsp3) is 0.0714. The van der Waals surface area contributed by atoms with Crippen LogP contribution < -0.4 is 5.32 Å². The van der Waals surface area contributed by atoms with Gasteiger partial charge in [0, 0.05) is 7.05 Å². The highest BCUT2D eigenvalue weighted by Crippen LogP contribution is 2.19. The van der Waals surface area contributed by atoms with E-state index >= 15 is 0 Å². The molecular weight excluding hydrogens is 275 g/mol. The van der Waals surface area contributed by atoms with E-state index in [2.05, 4.69) is 32.1 Å². The van der Waals surface area contributed by atoms with E-state index in [1.807, 2.05) is 19.2 Å². The van der Waals surface area contributed by atoms with Crippen LogP contribution in [-0.2, 0) is 0 Å². The van der Waals surface area contributed by atoms with Crippen molar-refractivity contribution in [2.45, 2.75) is 0 Å². The molecule has 1 N–H and O–H groups in total. The lowest BCUT2D eigenvalue weighted by Crippen LogP contribution is -1.89. The average Bonchev–Trinajstić information content (AvgIpc) is 2.87. The zero-order valence-corrected chi connectivity index (χ0v) is 11.3. The lowest BCUT2D eigenvalue weighted by Gasteiger charge is -1.96. The van der Waals surface area contributed by atoms with Crippen LogP contribution in [0.25, 0.3) is 10.3 Å². The minimum atomic E-state index is -0.536. The van der Waals surface area contributed by atoms with Crippen LogP contribution in [0, 0.1) is 17.8 Å². The van der Waals surface area contributed by atoms with Gasteiger partial charge in [-0.1, -0.05) is 0 Å². The lowest BCUT2D eigenvalue weighted by molar-refractivity contribution is 0.588. The molecule has 0 atom stereocenters. The molecule has 0 aromatic carbocycles. The number of nitrogens with zero attached hydrogens (tertiary/aromatic N) is 3. The van der Waals surface area contributed by atoms with Gasteiger partial charge < -0.3 is 5.32 Å². The van der Waals surface area contributed by atoms with Gasteiger partial charge in [0.2, 0.25) is 5.95 Å². The smallest absolute Gasteiger partial charge is 0.214 e. The highest BCUT2D eigenvalue weighted by atomic mass is 32.1. The largest absolute Gasteiger partial charge is 0.387 e. The summed E-state index contributed by atoms with van der Waals surface area (Å²) in [4.78, 5) is 12.1. The maximum Gasteiger partial charge on any atom is 0.214 e. The number of anilines is 1. The van der Waals surface area contributed by atoms with Crippen molar-refractivity contribution in [3.63, 3.8) is 0 Å². The van der Waals surface area contributed by atoms with Crippen molar-refractivity contribution in [2.24, 2.45) is 0 Å². The Morgan fingerprint density at radius 3 is 2.80 bits per heavy atom. The zero-order valence-electron chi connectivity index (χ0n) is 10.5. The van der Waals surface area contributed by atoms with Crippen LogP contribution in [-0.4, -0.2) is 22.0 Å². The monoisotopic (exact) mass is 284 g/mol. The Morgan fingerprint density at radius 1 is 1.15 bits per heavy atom. The first-order valence-electron chi connectivity index (χ1n) is 5.83. The van der Waals surface area contributed by atoms with Crippen LogP contribution in [0.2, 0.25) is 0 Å². The van der Waals surface area contributed by atoms with Crippen molar-refractivity contribution in [2.75, 3.05) is 12.4 Å². The third-order valence-corrected chi connectivity index (χ3v) is 3.49. The molecular formula is C14H9FN4S. The summed E-state index contributed by atoms with van der Waals surface area (Å²) < 4.78 is 13.8. The molecule has 0 aliphatic rings. The van der Waals surface area contributed by atoms with E-state index in [1.54, 1.807) is 12.3 Å². The SMILES string of the molecule is CNc1ccc(C#Cc2nc3nc(F)ccc3s2)nc1. The van der Waals surface area contributed by atoms with Gasteiger partial charge in [-0.25, -0.2) is 9.97 Å². The molecule has 4 nitrogen and oxygen atoms in total. The maximum atomic E-state index is 13.0. The van der Waals surface area contributed by atoms with E-state index in [1.165, 1.54) is 17.4 Å². The van der Waals surface area contributed by atoms with E-state index in [9.17, 15) is 4.39 Å². The van der Waals surface area contributed by atoms with Crippen molar-refractivity contribution in [3.05, 3.63) is 47.1 Å². The summed E-state index contributed by atoms with van der Waals surface area (Å²) in [6.07, 6.45) is 1.71. The maximum absolute atomic E-state index is 13.0. The average molecular weight is 284 g/mol. The van der Waals surface area contributed by atoms with Crippen LogP contribution in [0.15, 0.2) is 30.5 Å². The third-order valence-electron chi connectivity index (χ3n) is 2.57. The number of halogens is 1. The number of hydrogen-bond acceptors (Lipinski definition) is 5. The van der Waals surface area contributed by atoms with Gasteiger partial charge in [0.1, 0.15) is 5.69 Å². The third kappa shape index (κ3) is 2.58. The first-order chi connectivity index (χ1) is 9.74. The molecule has 0 saturated heterocycles. The summed E-state index contributed by atoms with van der Waals surface area (Å²) in [6, 6.07) is 6.69. The molecule has 98 valence electrons. The van der Waals surface area contributed by atoms with Gasteiger partial charge in [0.15, 0.2) is 10.7 Å². The molecule has 0 spiro atoms. The highest BCUT2D eigenvalue weighted by Gasteiger charge is 2.03. The standard InChI is InChI=1S/C14H9FN4S/c1-16-10-3-2-9(17-8-10)4-7-13-19-14-11(20-13)5-6-12(15)18-14/h2-3,5-6,8,16H,1H3. The minimum Gasteiger partial charge on any atom is -0.387 e. The predicted octanol–water partition coefficient (Wildman–Crippen LogP) is 2.67. The van der Waals surface area contributed by atoms with Gasteiger partial charge in [-0.05, 0) is 36.1 Å². The number of pyridine rings is 2. The number of thiazole rings is 1. The Kier molecular flexibility index (Phi) is 3.27. The van der Waals surface area contributed by atoms with E-state index in [0.29, 0.717) is 16.3 Å². The Morgan fingerprint density at radius 2 is 2.05 bits per heavy atom. The molecule has 6 heteroatoms. The molecule has 0 saturated carbocycles. The van der Waals surface area contributed by atoms with Crippen molar-refractivity contribution in [3.8, 4) is 11.8 Å². The van der Waals surface area contributed by atoms with Crippen molar-refractivity contribution >= 4 is 27.4 Å². The summed E-state index contributed by atoms with van der Waals surface area (Å²) >= 11 is 1.38. The zero-order chi connectivity index (χ0) is 13.9. The second-order valence-corrected chi connectivity index (χ2v) is 4.94. The van der Waals surface area contributed by atoms with Crippen LogP contribution in [0.4, 0.5) is 10.1 Å². The Balaban J connectivity index is 1.90. The van der Waals surface area contributed by atoms with Crippen molar-refractivity contribution in [1.29, 1.82) is 0 Å². The van der Waals surface area contributed by atoms with Gasteiger partial charge in [0.05, 0.1) is 16.6 Å². The van der Waals surface area contributed by atoms with Gasteiger partial charge in [-0.15, -0.1) is 11.3 Å². The van der Waals surface area contributed by atoms with Crippen molar-refractivity contribution < 1.29 is 4.39 Å². The number of fused-ring (bicyclic) bond motifs is 1. The van der Waals surface area contributed by atoms with E-state index in [-0.39, 0.29) is 0 Å². The molecule has 0 aliphatic carbocycles. The quantitative estimate of drug-likeness (QED) is 0.551. The fourth-order valence-corrected chi connectivity index (χ4v) is 2.34. The molecule has 3 aromatic heterocycles. The van der Waals surface area contributed by atoms with Crippen LogP contribution in [0.5, 0.6) is 0 Å². The molecule has 0 amide bonds. The van der Waals surface area contributed by atoms with Crippen LogP contribution in [0.3, 0.4) is 0 Å². The second-order valence-electron chi connectivity index (χ2n) is 3.91. The molecule has 0 fully saturated rings. The van der Waals surface area contributed by atoms with Crippen LogP contribution >= 0.6 is 11.3 Å². The molecule has 0 aliphatic heterocycles. The molecule has 3 aromatic rings. The summed E-state index contributed by atoms with van der Waals surface area (Å²) in [7, 11) is 1.83. The molecule has 0 bridgehead atoms. The Labute approximate surface area is 118 Å². The molecule has 0 radical (unpaired) electrons. The predicted molar refractivity (Wildman–Crippen MR) is 77.1 cm³/mol. The van der Waals surface area contributed by atoms with Crippen molar-refractivity contribution in [1.82, 2.24) is 15.0 Å².